The molecule has 0 fully saturated rings. The normalized spacial score (nSPS) is 11.3. The van der Waals surface area contributed by atoms with E-state index in [0.717, 1.165) is 0 Å². The topological polar surface area (TPSA) is 77.8 Å². The lowest BCUT2D eigenvalue weighted by atomic mass is 10.1. The Morgan fingerprint density at radius 2 is 1.89 bits per heavy atom. The number of amides is 1. The molecule has 0 aliphatic carbocycles. The van der Waals surface area contributed by atoms with Gasteiger partial charge in [0, 0.05) is 22.7 Å². The molecule has 9 heteroatoms. The average Bonchev–Trinajstić information content (AvgIpc) is 2.61. The van der Waals surface area contributed by atoms with E-state index >= 15 is 0 Å². The average molecular weight is 396 g/mol. The lowest BCUT2D eigenvalue weighted by Crippen LogP contribution is -2.20. The van der Waals surface area contributed by atoms with Crippen molar-refractivity contribution in [1.29, 1.82) is 0 Å². The number of methoxy groups -OCH3 is 1. The number of nitrogens with one attached hydrogen (secondary N) is 1. The van der Waals surface area contributed by atoms with Crippen LogP contribution in [-0.2, 0) is 0 Å². The van der Waals surface area contributed by atoms with Crippen LogP contribution in [0, 0.1) is 0 Å². The van der Waals surface area contributed by atoms with Crippen molar-refractivity contribution in [3.05, 3.63) is 64.5 Å². The first-order valence-electron chi connectivity index (χ1n) is 7.55. The molecular formula is C18H12ClF2NO5. The molecule has 1 amide bonds. The quantitative estimate of drug-likeness (QED) is 0.517. The summed E-state index contributed by atoms with van der Waals surface area (Å²) in [5.41, 5.74) is -4.41. The highest BCUT2D eigenvalue weighted by molar-refractivity contribution is 6.20. The molecule has 1 aromatic heterocycles. The maximum absolute atomic E-state index is 12.6. The van der Waals surface area contributed by atoms with Crippen LogP contribution in [-0.4, -0.2) is 18.6 Å². The first-order chi connectivity index (χ1) is 12.8. The van der Waals surface area contributed by atoms with Gasteiger partial charge in [-0.15, -0.1) is 8.78 Å². The molecule has 0 bridgehead atoms. The molecule has 27 heavy (non-hydrogen) atoms. The van der Waals surface area contributed by atoms with Gasteiger partial charge < -0.3 is 19.2 Å². The van der Waals surface area contributed by atoms with E-state index in [1.165, 1.54) is 37.4 Å². The first-order valence-corrected chi connectivity index (χ1v) is 7.92. The summed E-state index contributed by atoms with van der Waals surface area (Å²) in [5.74, 6) is -0.543. The zero-order valence-electron chi connectivity index (χ0n) is 13.8. The third-order valence-electron chi connectivity index (χ3n) is 3.53. The predicted octanol–water partition coefficient (Wildman–Crippen LogP) is 4.22. The van der Waals surface area contributed by atoms with Crippen LogP contribution in [0.25, 0.3) is 11.0 Å². The molecule has 0 saturated heterocycles. The molecule has 0 atom stereocenters. The second kappa shape index (κ2) is 7.24. The van der Waals surface area contributed by atoms with Gasteiger partial charge in [0.25, 0.3) is 5.91 Å². The number of carbonyl (C=O) groups is 1. The summed E-state index contributed by atoms with van der Waals surface area (Å²) >= 11 is 4.68. The van der Waals surface area contributed by atoms with Crippen LogP contribution in [0.1, 0.15) is 10.4 Å². The predicted molar refractivity (Wildman–Crippen MR) is 94.9 cm³/mol. The van der Waals surface area contributed by atoms with Crippen molar-refractivity contribution in [3.63, 3.8) is 0 Å². The van der Waals surface area contributed by atoms with Gasteiger partial charge in [-0.2, -0.15) is 0 Å². The van der Waals surface area contributed by atoms with Gasteiger partial charge in [-0.25, -0.2) is 4.79 Å². The zero-order chi connectivity index (χ0) is 19.6. The molecular weight excluding hydrogens is 384 g/mol. The number of anilines is 1. The van der Waals surface area contributed by atoms with Gasteiger partial charge in [0.15, 0.2) is 11.3 Å². The van der Waals surface area contributed by atoms with Crippen LogP contribution >= 0.6 is 11.6 Å². The minimum absolute atomic E-state index is 0.190. The summed E-state index contributed by atoms with van der Waals surface area (Å²) in [5, 5.41) is 2.98. The van der Waals surface area contributed by atoms with Crippen molar-refractivity contribution in [2.45, 2.75) is 5.57 Å². The smallest absolute Gasteiger partial charge is 0.487 e. The number of alkyl halides is 3. The molecule has 0 unspecified atom stereocenters. The first kappa shape index (κ1) is 18.7. The number of para-hydroxylation sites is 1. The summed E-state index contributed by atoms with van der Waals surface area (Å²) in [4.78, 5) is 24.5. The van der Waals surface area contributed by atoms with Crippen LogP contribution in [0.2, 0.25) is 0 Å². The Morgan fingerprint density at radius 1 is 1.19 bits per heavy atom. The number of rotatable bonds is 5. The van der Waals surface area contributed by atoms with E-state index in [1.807, 2.05) is 0 Å². The molecule has 0 aliphatic rings. The maximum Gasteiger partial charge on any atom is 0.487 e. The fraction of sp³-hybridized carbons (Fsp3) is 0.111. The van der Waals surface area contributed by atoms with E-state index in [2.05, 4.69) is 21.7 Å². The fourth-order valence-electron chi connectivity index (χ4n) is 2.38. The highest BCUT2D eigenvalue weighted by atomic mass is 35.5. The van der Waals surface area contributed by atoms with E-state index in [4.69, 9.17) is 9.15 Å². The number of halogens is 3. The van der Waals surface area contributed by atoms with Gasteiger partial charge >= 0.3 is 11.2 Å². The SMILES string of the molecule is COc1cccc2cc(C(=O)Nc3ccc(OC(F)(F)Cl)cc3)c(=O)oc12. The van der Waals surface area contributed by atoms with Gasteiger partial charge in [0.05, 0.1) is 7.11 Å². The van der Waals surface area contributed by atoms with Crippen molar-refractivity contribution in [1.82, 2.24) is 0 Å². The minimum atomic E-state index is -3.84. The summed E-state index contributed by atoms with van der Waals surface area (Å²) in [6.07, 6.45) is 0. The molecule has 0 saturated carbocycles. The highest BCUT2D eigenvalue weighted by Crippen LogP contribution is 2.27. The van der Waals surface area contributed by atoms with Crippen LogP contribution in [0.3, 0.4) is 0 Å². The molecule has 2 aromatic carbocycles. The van der Waals surface area contributed by atoms with Crippen molar-refractivity contribution in [3.8, 4) is 11.5 Å². The van der Waals surface area contributed by atoms with Gasteiger partial charge in [0.2, 0.25) is 0 Å². The molecule has 140 valence electrons. The molecule has 3 rings (SSSR count). The molecule has 1 heterocycles. The van der Waals surface area contributed by atoms with Gasteiger partial charge in [0.1, 0.15) is 11.3 Å². The number of hydrogen-bond acceptors (Lipinski definition) is 5. The van der Waals surface area contributed by atoms with E-state index < -0.39 is 17.1 Å². The molecule has 0 radical (unpaired) electrons. The molecule has 3 aromatic rings. The van der Waals surface area contributed by atoms with Gasteiger partial charge in [-0.1, -0.05) is 12.1 Å². The van der Waals surface area contributed by atoms with Crippen LogP contribution in [0.5, 0.6) is 11.5 Å². The van der Waals surface area contributed by atoms with Crippen molar-refractivity contribution in [2.75, 3.05) is 12.4 Å². The molecule has 1 N–H and O–H groups in total. The van der Waals surface area contributed by atoms with E-state index in [1.54, 1.807) is 18.2 Å². The molecule has 0 aliphatic heterocycles. The Balaban J connectivity index is 1.84. The third-order valence-corrected chi connectivity index (χ3v) is 3.61. The van der Waals surface area contributed by atoms with Crippen LogP contribution < -0.4 is 20.4 Å². The molecule has 6 nitrogen and oxygen atoms in total. The van der Waals surface area contributed by atoms with Crippen molar-refractivity contribution < 1.29 is 27.5 Å². The van der Waals surface area contributed by atoms with E-state index in [0.29, 0.717) is 11.1 Å². The van der Waals surface area contributed by atoms with Gasteiger partial charge in [-0.05, 0) is 36.4 Å². The van der Waals surface area contributed by atoms with E-state index in [-0.39, 0.29) is 22.6 Å². The monoisotopic (exact) mass is 395 g/mol. The summed E-state index contributed by atoms with van der Waals surface area (Å²) in [7, 11) is 1.43. The summed E-state index contributed by atoms with van der Waals surface area (Å²) in [6, 6.07) is 11.4. The number of fused-ring (bicyclic) bond motifs is 1. The largest absolute Gasteiger partial charge is 0.493 e. The standard InChI is InChI=1S/C18H12ClF2NO5/c1-25-14-4-2-3-10-9-13(17(24)26-15(10)14)16(23)22-11-5-7-12(8-6-11)27-18(19,20)21/h2-9H,1H3,(H,22,23). The third kappa shape index (κ3) is 4.35. The molecule has 0 spiro atoms. The number of benzene rings is 2. The minimum Gasteiger partial charge on any atom is -0.493 e. The lowest BCUT2D eigenvalue weighted by Gasteiger charge is -2.11. The van der Waals surface area contributed by atoms with Crippen molar-refractivity contribution >= 4 is 34.2 Å². The fourth-order valence-corrected chi connectivity index (χ4v) is 2.46. The van der Waals surface area contributed by atoms with Crippen LogP contribution in [0.4, 0.5) is 14.5 Å². The van der Waals surface area contributed by atoms with E-state index in [9.17, 15) is 18.4 Å². The Kier molecular flexibility index (Phi) is 5.00. The second-order valence-corrected chi connectivity index (χ2v) is 5.79. The van der Waals surface area contributed by atoms with Gasteiger partial charge in [-0.3, -0.25) is 4.79 Å². The Morgan fingerprint density at radius 3 is 2.52 bits per heavy atom. The highest BCUT2D eigenvalue weighted by Gasteiger charge is 2.27. The lowest BCUT2D eigenvalue weighted by molar-refractivity contribution is -0.0964. The Hall–Kier alpha value is -3.13. The summed E-state index contributed by atoms with van der Waals surface area (Å²) in [6.45, 7) is 0. The second-order valence-electron chi connectivity index (χ2n) is 5.35. The number of ether oxygens (including phenoxy) is 2. The zero-order valence-corrected chi connectivity index (χ0v) is 14.5. The Labute approximate surface area is 156 Å². The van der Waals surface area contributed by atoms with Crippen LogP contribution in [0.15, 0.2) is 57.7 Å². The summed E-state index contributed by atoms with van der Waals surface area (Å²) < 4.78 is 39.7. The number of hydrogen-bond donors (Lipinski definition) is 1. The number of carbonyl (C=O) groups excluding carboxylic acids is 1. The Bertz CT molecular complexity index is 1040. The maximum atomic E-state index is 12.6. The van der Waals surface area contributed by atoms with Crippen molar-refractivity contribution in [2.24, 2.45) is 0 Å².